The van der Waals surface area contributed by atoms with Crippen LogP contribution in [-0.4, -0.2) is 72.7 Å². The first-order valence-corrected chi connectivity index (χ1v) is 13.2. The normalized spacial score (nSPS) is 46.5. The van der Waals surface area contributed by atoms with Gasteiger partial charge in [0.15, 0.2) is 0 Å². The van der Waals surface area contributed by atoms with Crippen molar-refractivity contribution in [3.63, 3.8) is 0 Å². The quantitative estimate of drug-likeness (QED) is 0.454. The molecule has 4 rings (SSSR count). The third-order valence-electron chi connectivity index (χ3n) is 10.5. The smallest absolute Gasteiger partial charge is 0.0811 e. The van der Waals surface area contributed by atoms with Crippen LogP contribution >= 0.6 is 0 Å². The minimum atomic E-state index is -0.539. The van der Waals surface area contributed by atoms with Gasteiger partial charge in [-0.25, -0.2) is 0 Å². The topological polar surface area (TPSA) is 56.2 Å². The fraction of sp³-hybridized carbons (Fsp3) is 0.926. The van der Waals surface area contributed by atoms with Gasteiger partial charge in [-0.15, -0.1) is 0 Å². The van der Waals surface area contributed by atoms with Gasteiger partial charge >= 0.3 is 0 Å². The lowest BCUT2D eigenvalue weighted by molar-refractivity contribution is -0.207. The van der Waals surface area contributed by atoms with Crippen molar-refractivity contribution in [1.29, 1.82) is 0 Å². The van der Waals surface area contributed by atoms with E-state index in [2.05, 4.69) is 45.0 Å². The Hall–Kier alpha value is -0.460. The fourth-order valence-electron chi connectivity index (χ4n) is 8.36. The van der Waals surface area contributed by atoms with E-state index in [1.54, 1.807) is 0 Å². The maximum absolute atomic E-state index is 12.2. The summed E-state index contributed by atoms with van der Waals surface area (Å²) in [5.74, 6) is 2.13. The molecule has 4 saturated carbocycles. The van der Waals surface area contributed by atoms with Gasteiger partial charge in [0, 0.05) is 25.6 Å². The fourth-order valence-corrected chi connectivity index (χ4v) is 8.36. The summed E-state index contributed by atoms with van der Waals surface area (Å²) in [6, 6.07) is 0. The first-order valence-electron chi connectivity index (χ1n) is 13.2. The van der Waals surface area contributed by atoms with Crippen molar-refractivity contribution < 1.29 is 15.1 Å². The number of rotatable bonds is 7. The van der Waals surface area contributed by atoms with Crippen molar-refractivity contribution in [3.05, 3.63) is 12.2 Å². The molecule has 8 atom stereocenters. The zero-order valence-corrected chi connectivity index (χ0v) is 21.2. The van der Waals surface area contributed by atoms with Crippen molar-refractivity contribution in [2.24, 2.45) is 34.5 Å². The van der Waals surface area contributed by atoms with Crippen molar-refractivity contribution in [1.82, 2.24) is 9.96 Å². The standard InChI is InChI=1S/C27H48N2O3/c1-25-13-11-22(30)19-21(25)8-9-24-23(25)12-14-26(2)20(10-15-27(24,26)31)7-6-16-29(5)32-18-17-28(3)4/h6-7,20-24,30-31H,8-19H2,1-5H3/b7-6+/t20-,21+,22-,23-,24+,25-,26+,27-/m0/s1. The Morgan fingerprint density at radius 3 is 2.50 bits per heavy atom. The van der Waals surface area contributed by atoms with Crippen LogP contribution in [0.2, 0.25) is 0 Å². The van der Waals surface area contributed by atoms with E-state index in [-0.39, 0.29) is 11.5 Å². The lowest BCUT2D eigenvalue weighted by atomic mass is 9.43. The largest absolute Gasteiger partial charge is 0.393 e. The molecule has 0 unspecified atom stereocenters. The molecule has 0 heterocycles. The molecule has 0 aromatic carbocycles. The first-order chi connectivity index (χ1) is 15.1. The van der Waals surface area contributed by atoms with Crippen molar-refractivity contribution in [2.45, 2.75) is 83.3 Å². The molecule has 0 radical (unpaired) electrons. The summed E-state index contributed by atoms with van der Waals surface area (Å²) in [7, 11) is 6.12. The highest BCUT2D eigenvalue weighted by Crippen LogP contribution is 2.69. The molecule has 5 heteroatoms. The number of fused-ring (bicyclic) bond motifs is 5. The van der Waals surface area contributed by atoms with Crippen LogP contribution in [0.25, 0.3) is 0 Å². The molecule has 4 fully saturated rings. The summed E-state index contributed by atoms with van der Waals surface area (Å²) < 4.78 is 0. The van der Waals surface area contributed by atoms with Gasteiger partial charge in [-0.1, -0.05) is 26.0 Å². The van der Waals surface area contributed by atoms with E-state index in [1.165, 1.54) is 12.8 Å². The molecule has 4 aliphatic carbocycles. The Morgan fingerprint density at radius 1 is 0.969 bits per heavy atom. The van der Waals surface area contributed by atoms with Gasteiger partial charge in [0.25, 0.3) is 0 Å². The van der Waals surface area contributed by atoms with Crippen molar-refractivity contribution in [3.8, 4) is 0 Å². The van der Waals surface area contributed by atoms with Gasteiger partial charge in [-0.3, -0.25) is 4.84 Å². The van der Waals surface area contributed by atoms with E-state index in [9.17, 15) is 10.2 Å². The van der Waals surface area contributed by atoms with Crippen molar-refractivity contribution in [2.75, 3.05) is 40.8 Å². The van der Waals surface area contributed by atoms with Crippen LogP contribution in [-0.2, 0) is 4.84 Å². The first kappa shape index (κ1) is 24.7. The Kier molecular flexibility index (Phi) is 7.16. The summed E-state index contributed by atoms with van der Waals surface area (Å²) in [5, 5.41) is 24.4. The summed E-state index contributed by atoms with van der Waals surface area (Å²) in [5.41, 5.74) is -0.255. The van der Waals surface area contributed by atoms with E-state index >= 15 is 0 Å². The highest BCUT2D eigenvalue weighted by Gasteiger charge is 2.66. The van der Waals surface area contributed by atoms with E-state index in [4.69, 9.17) is 4.84 Å². The molecular weight excluding hydrogens is 400 g/mol. The van der Waals surface area contributed by atoms with E-state index in [0.29, 0.717) is 35.7 Å². The average Bonchev–Trinajstić information content (AvgIpc) is 2.99. The second-order valence-electron chi connectivity index (χ2n) is 12.3. The number of hydrogen-bond donors (Lipinski definition) is 2. The van der Waals surface area contributed by atoms with Crippen molar-refractivity contribution >= 4 is 0 Å². The second-order valence-corrected chi connectivity index (χ2v) is 12.3. The number of aliphatic hydroxyl groups excluding tert-OH is 1. The van der Waals surface area contributed by atoms with Crippen LogP contribution in [0.4, 0.5) is 0 Å². The molecule has 32 heavy (non-hydrogen) atoms. The monoisotopic (exact) mass is 448 g/mol. The Bertz CT molecular complexity index is 684. The summed E-state index contributed by atoms with van der Waals surface area (Å²) in [6.07, 6.45) is 14.3. The second kappa shape index (κ2) is 9.30. The molecule has 0 aromatic heterocycles. The third-order valence-corrected chi connectivity index (χ3v) is 10.5. The van der Waals surface area contributed by atoms with Crippen LogP contribution in [0.3, 0.4) is 0 Å². The Balaban J connectivity index is 1.41. The Morgan fingerprint density at radius 2 is 1.75 bits per heavy atom. The Labute approximate surface area is 196 Å². The molecule has 0 aliphatic heterocycles. The SMILES string of the molecule is CN(C)CCON(C)C/C=C/[C@H]1CC[C@]2(O)[C@@H]3CC[C@@H]4C[C@@H](O)CC[C@]4(C)[C@H]3CC[C@]12C. The average molecular weight is 449 g/mol. The zero-order valence-electron chi connectivity index (χ0n) is 21.2. The van der Waals surface area contributed by atoms with E-state index in [0.717, 1.165) is 58.0 Å². The van der Waals surface area contributed by atoms with E-state index < -0.39 is 5.60 Å². The van der Waals surface area contributed by atoms with Gasteiger partial charge in [0.2, 0.25) is 0 Å². The van der Waals surface area contributed by atoms with Crippen LogP contribution in [0.15, 0.2) is 12.2 Å². The predicted molar refractivity (Wildman–Crippen MR) is 129 cm³/mol. The molecule has 0 spiro atoms. The number of hydrogen-bond acceptors (Lipinski definition) is 5. The van der Waals surface area contributed by atoms with Crippen LogP contribution in [0.5, 0.6) is 0 Å². The van der Waals surface area contributed by atoms with Gasteiger partial charge < -0.3 is 15.1 Å². The van der Waals surface area contributed by atoms with Crippen LogP contribution in [0.1, 0.15) is 71.6 Å². The molecule has 0 bridgehead atoms. The molecule has 5 nitrogen and oxygen atoms in total. The molecule has 2 N–H and O–H groups in total. The van der Waals surface area contributed by atoms with Gasteiger partial charge in [0.1, 0.15) is 0 Å². The molecule has 0 aromatic rings. The predicted octanol–water partition coefficient (Wildman–Crippen LogP) is 4.10. The number of allylic oxidation sites excluding steroid dienone is 1. The number of aliphatic hydroxyl groups is 2. The van der Waals surface area contributed by atoms with Crippen LogP contribution < -0.4 is 0 Å². The highest BCUT2D eigenvalue weighted by molar-refractivity contribution is 5.19. The third kappa shape index (κ3) is 4.22. The summed E-state index contributed by atoms with van der Waals surface area (Å²) in [4.78, 5) is 7.91. The molecular formula is C27H48N2O3. The molecule has 4 aliphatic rings. The minimum absolute atomic E-state index is 0.0214. The lowest BCUT2D eigenvalue weighted by Crippen LogP contribution is -2.62. The molecule has 0 amide bonds. The molecule has 0 saturated heterocycles. The van der Waals surface area contributed by atoms with Crippen LogP contribution in [0, 0.1) is 34.5 Å². The summed E-state index contributed by atoms with van der Waals surface area (Å²) >= 11 is 0. The number of likely N-dealkylation sites (N-methyl/N-ethyl adjacent to an activating group) is 2. The highest BCUT2D eigenvalue weighted by atomic mass is 16.7. The minimum Gasteiger partial charge on any atom is -0.393 e. The molecule has 184 valence electrons. The van der Waals surface area contributed by atoms with Gasteiger partial charge in [0.05, 0.1) is 18.3 Å². The number of hydroxylamine groups is 2. The van der Waals surface area contributed by atoms with Gasteiger partial charge in [-0.2, -0.15) is 5.06 Å². The zero-order chi connectivity index (χ0) is 23.1. The maximum Gasteiger partial charge on any atom is 0.0811 e. The van der Waals surface area contributed by atoms with Gasteiger partial charge in [-0.05, 0) is 101 Å². The maximum atomic E-state index is 12.2. The summed E-state index contributed by atoms with van der Waals surface area (Å²) in [6.45, 7) is 7.28. The lowest BCUT2D eigenvalue weighted by Gasteiger charge is -2.63. The number of nitrogens with zero attached hydrogens (tertiary/aromatic N) is 2. The van der Waals surface area contributed by atoms with E-state index in [1.807, 2.05) is 12.1 Å².